The summed E-state index contributed by atoms with van der Waals surface area (Å²) >= 11 is 1.43. The molecule has 0 saturated carbocycles. The maximum absolute atomic E-state index is 13.0. The highest BCUT2D eigenvalue weighted by molar-refractivity contribution is 7.98. The lowest BCUT2D eigenvalue weighted by molar-refractivity contribution is -0.142. The molecule has 13 nitrogen and oxygen atoms in total. The van der Waals surface area contributed by atoms with Crippen LogP contribution in [0.2, 0.25) is 0 Å². The van der Waals surface area contributed by atoms with Crippen molar-refractivity contribution in [1.82, 2.24) is 25.9 Å². The summed E-state index contributed by atoms with van der Waals surface area (Å²) in [4.78, 5) is 68.3. The summed E-state index contributed by atoms with van der Waals surface area (Å²) in [6.45, 7) is 3.63. The number of nitrogens with two attached hydrogens (primary N) is 2. The van der Waals surface area contributed by atoms with Crippen molar-refractivity contribution in [2.75, 3.05) is 12.0 Å². The molecule has 0 aliphatic rings. The molecule has 0 fully saturated rings. The number of amides is 4. The number of H-pyrrole nitrogens is 1. The van der Waals surface area contributed by atoms with E-state index in [4.69, 9.17) is 11.5 Å². The number of aromatic nitrogens is 2. The Hall–Kier alpha value is -3.13. The zero-order valence-electron chi connectivity index (χ0n) is 20.1. The van der Waals surface area contributed by atoms with Gasteiger partial charge in [0.15, 0.2) is 0 Å². The van der Waals surface area contributed by atoms with E-state index in [9.17, 15) is 29.1 Å². The average Bonchev–Trinajstić information content (AvgIpc) is 3.32. The number of aromatic amines is 1. The molecule has 4 amide bonds. The maximum atomic E-state index is 13.0. The summed E-state index contributed by atoms with van der Waals surface area (Å²) < 4.78 is 0. The molecule has 1 aromatic rings. The van der Waals surface area contributed by atoms with Crippen LogP contribution in [-0.4, -0.2) is 80.8 Å². The van der Waals surface area contributed by atoms with Crippen LogP contribution in [0.5, 0.6) is 0 Å². The number of carbonyl (C=O) groups is 5. The number of hydrogen-bond acceptors (Lipinski definition) is 8. The number of nitrogens with zero attached hydrogens (tertiary/aromatic N) is 1. The summed E-state index contributed by atoms with van der Waals surface area (Å²) in [5.74, 6) is -3.97. The van der Waals surface area contributed by atoms with Gasteiger partial charge in [-0.25, -0.2) is 9.78 Å². The first-order valence-electron chi connectivity index (χ1n) is 11.1. The standard InChI is InChI=1S/C21H35N7O6S/c1-4-11(2)17(23)20(32)28-15(8-16(22)29)19(31)27-14(7-12-9-24-10-25-12)18(30)26-13(21(33)34)5-6-35-3/h9-11,13-15,17H,4-8,23H2,1-3H3,(H2,22,29)(H,24,25)(H,26,30)(H,27,31)(H,28,32)(H,33,34). The first kappa shape index (κ1) is 29.9. The Morgan fingerprint density at radius 2 is 1.69 bits per heavy atom. The molecule has 1 rings (SSSR count). The predicted octanol–water partition coefficient (Wildman–Crippen LogP) is -1.51. The van der Waals surface area contributed by atoms with E-state index in [1.165, 1.54) is 24.3 Å². The Bertz CT molecular complexity index is 866. The van der Waals surface area contributed by atoms with Gasteiger partial charge >= 0.3 is 5.97 Å². The van der Waals surface area contributed by atoms with Crippen molar-refractivity contribution in [3.05, 3.63) is 18.2 Å². The van der Waals surface area contributed by atoms with Gasteiger partial charge in [-0.1, -0.05) is 20.3 Å². The van der Waals surface area contributed by atoms with Gasteiger partial charge in [-0.05, 0) is 24.3 Å². The normalized spacial score (nSPS) is 15.2. The second kappa shape index (κ2) is 15.0. The van der Waals surface area contributed by atoms with E-state index in [-0.39, 0.29) is 18.8 Å². The van der Waals surface area contributed by atoms with Gasteiger partial charge in [0.25, 0.3) is 0 Å². The third-order valence-electron chi connectivity index (χ3n) is 5.44. The number of imidazole rings is 1. The molecular weight excluding hydrogens is 478 g/mol. The van der Waals surface area contributed by atoms with Gasteiger partial charge in [-0.15, -0.1) is 0 Å². The molecule has 0 aromatic carbocycles. The second-order valence-corrected chi connectivity index (χ2v) is 9.15. The van der Waals surface area contributed by atoms with Crippen molar-refractivity contribution in [1.29, 1.82) is 0 Å². The fourth-order valence-corrected chi connectivity index (χ4v) is 3.53. The third kappa shape index (κ3) is 10.3. The molecule has 0 spiro atoms. The van der Waals surface area contributed by atoms with E-state index < -0.39 is 60.2 Å². The highest BCUT2D eigenvalue weighted by Crippen LogP contribution is 2.08. The lowest BCUT2D eigenvalue weighted by atomic mass is 9.99. The molecule has 0 aliphatic heterocycles. The first-order chi connectivity index (χ1) is 16.5. The van der Waals surface area contributed by atoms with Gasteiger partial charge in [0, 0.05) is 18.3 Å². The highest BCUT2D eigenvalue weighted by Gasteiger charge is 2.32. The number of thioether (sulfide) groups is 1. The number of hydrogen-bond donors (Lipinski definition) is 7. The molecule has 5 atom stereocenters. The number of nitrogens with one attached hydrogen (secondary N) is 4. The van der Waals surface area contributed by atoms with Crippen LogP contribution >= 0.6 is 11.8 Å². The molecule has 1 heterocycles. The summed E-state index contributed by atoms with van der Waals surface area (Å²) in [6.07, 6.45) is 4.88. The van der Waals surface area contributed by atoms with E-state index >= 15 is 0 Å². The maximum Gasteiger partial charge on any atom is 0.326 e. The van der Waals surface area contributed by atoms with E-state index in [0.29, 0.717) is 17.9 Å². The molecule has 1 aromatic heterocycles. The van der Waals surface area contributed by atoms with Gasteiger partial charge in [0.05, 0.1) is 18.8 Å². The second-order valence-electron chi connectivity index (χ2n) is 8.17. The molecule has 9 N–H and O–H groups in total. The number of rotatable bonds is 16. The van der Waals surface area contributed by atoms with E-state index in [0.717, 1.165) is 0 Å². The van der Waals surface area contributed by atoms with Crippen molar-refractivity contribution in [3.8, 4) is 0 Å². The topological polar surface area (TPSA) is 222 Å². The van der Waals surface area contributed by atoms with Gasteiger partial charge in [0.1, 0.15) is 18.1 Å². The van der Waals surface area contributed by atoms with Gasteiger partial charge in [-0.3, -0.25) is 19.2 Å². The fraction of sp³-hybridized carbons (Fsp3) is 0.619. The molecule has 0 aliphatic carbocycles. The minimum absolute atomic E-state index is 0.0456. The highest BCUT2D eigenvalue weighted by atomic mass is 32.2. The molecular formula is C21H35N7O6S. The number of carboxylic acids is 1. The zero-order valence-corrected chi connectivity index (χ0v) is 20.9. The van der Waals surface area contributed by atoms with Crippen molar-refractivity contribution in [3.63, 3.8) is 0 Å². The van der Waals surface area contributed by atoms with Crippen molar-refractivity contribution < 1.29 is 29.1 Å². The van der Waals surface area contributed by atoms with E-state index in [1.807, 2.05) is 13.2 Å². The van der Waals surface area contributed by atoms with E-state index in [1.54, 1.807) is 6.92 Å². The Labute approximate surface area is 207 Å². The van der Waals surface area contributed by atoms with Crippen LogP contribution in [0.4, 0.5) is 0 Å². The molecule has 5 unspecified atom stereocenters. The Kier molecular flexibility index (Phi) is 12.8. The van der Waals surface area contributed by atoms with Gasteiger partial charge in [0.2, 0.25) is 23.6 Å². The van der Waals surface area contributed by atoms with Crippen LogP contribution in [0.15, 0.2) is 12.5 Å². The number of aliphatic carboxylic acids is 1. The minimum atomic E-state index is -1.38. The van der Waals surface area contributed by atoms with Crippen molar-refractivity contribution in [2.45, 2.75) is 63.7 Å². The predicted molar refractivity (Wildman–Crippen MR) is 130 cm³/mol. The SMILES string of the molecule is CCC(C)C(N)C(=O)NC(CC(N)=O)C(=O)NC(Cc1cnc[nH]1)C(=O)NC(CCSC)C(=O)O. The average molecular weight is 514 g/mol. The molecule has 14 heteroatoms. The van der Waals surface area contributed by atoms with Crippen LogP contribution in [0.25, 0.3) is 0 Å². The van der Waals surface area contributed by atoms with Crippen LogP contribution in [0.1, 0.15) is 38.8 Å². The summed E-state index contributed by atoms with van der Waals surface area (Å²) in [6, 6.07) is -4.68. The van der Waals surface area contributed by atoms with Crippen molar-refractivity contribution in [2.24, 2.45) is 17.4 Å². The Morgan fingerprint density at radius 1 is 1.09 bits per heavy atom. The van der Waals surface area contributed by atoms with Crippen LogP contribution in [0, 0.1) is 5.92 Å². The summed E-state index contributed by atoms with van der Waals surface area (Å²) in [5.41, 5.74) is 11.7. The smallest absolute Gasteiger partial charge is 0.326 e. The monoisotopic (exact) mass is 513 g/mol. The number of carbonyl (C=O) groups excluding carboxylic acids is 4. The first-order valence-corrected chi connectivity index (χ1v) is 12.5. The largest absolute Gasteiger partial charge is 0.480 e. The van der Waals surface area contributed by atoms with Crippen LogP contribution in [-0.2, 0) is 30.4 Å². The quantitative estimate of drug-likeness (QED) is 0.136. The molecule has 196 valence electrons. The number of primary amides is 1. The Morgan fingerprint density at radius 3 is 2.20 bits per heavy atom. The van der Waals surface area contributed by atoms with E-state index in [2.05, 4.69) is 25.9 Å². The van der Waals surface area contributed by atoms with Gasteiger partial charge < -0.3 is 37.5 Å². The number of carboxylic acid groups (broad SMARTS) is 1. The summed E-state index contributed by atoms with van der Waals surface area (Å²) in [5, 5.41) is 16.8. The minimum Gasteiger partial charge on any atom is -0.480 e. The molecule has 0 radical (unpaired) electrons. The fourth-order valence-electron chi connectivity index (χ4n) is 3.05. The molecule has 35 heavy (non-hydrogen) atoms. The zero-order chi connectivity index (χ0) is 26.5. The van der Waals surface area contributed by atoms with Crippen LogP contribution < -0.4 is 27.4 Å². The lowest BCUT2D eigenvalue weighted by Gasteiger charge is -2.25. The lowest BCUT2D eigenvalue weighted by Crippen LogP contribution is -2.58. The third-order valence-corrected chi connectivity index (χ3v) is 6.08. The Balaban J connectivity index is 3.07. The van der Waals surface area contributed by atoms with Crippen molar-refractivity contribution >= 4 is 41.4 Å². The molecule has 0 saturated heterocycles. The molecule has 0 bridgehead atoms. The summed E-state index contributed by atoms with van der Waals surface area (Å²) in [7, 11) is 0. The van der Waals surface area contributed by atoms with Gasteiger partial charge in [-0.2, -0.15) is 11.8 Å². The van der Waals surface area contributed by atoms with Crippen LogP contribution in [0.3, 0.4) is 0 Å².